The van der Waals surface area contributed by atoms with Crippen molar-refractivity contribution in [3.05, 3.63) is 12.7 Å². The molecule has 0 aliphatic heterocycles. The van der Waals surface area contributed by atoms with Crippen LogP contribution in [0.5, 0.6) is 0 Å². The summed E-state index contributed by atoms with van der Waals surface area (Å²) in [7, 11) is 2.43. The number of hydrogen-bond donors (Lipinski definition) is 0. The van der Waals surface area contributed by atoms with Crippen molar-refractivity contribution in [1.29, 1.82) is 0 Å². The summed E-state index contributed by atoms with van der Waals surface area (Å²) in [6, 6.07) is 1.45. The predicted octanol–water partition coefficient (Wildman–Crippen LogP) is 4.63. The van der Waals surface area contributed by atoms with Gasteiger partial charge < -0.3 is 4.48 Å². The van der Waals surface area contributed by atoms with Crippen molar-refractivity contribution in [1.82, 2.24) is 0 Å². The molecule has 0 radical (unpaired) electrons. The molecule has 0 fully saturated rings. The van der Waals surface area contributed by atoms with E-state index in [4.69, 9.17) is 0 Å². The fourth-order valence-corrected chi connectivity index (χ4v) is 2.71. The zero-order chi connectivity index (χ0) is 13.5. The van der Waals surface area contributed by atoms with Crippen molar-refractivity contribution in [3.63, 3.8) is 0 Å². The van der Waals surface area contributed by atoms with E-state index in [1.807, 2.05) is 0 Å². The van der Waals surface area contributed by atoms with E-state index in [0.717, 1.165) is 18.4 Å². The van der Waals surface area contributed by atoms with Crippen LogP contribution < -0.4 is 0 Å². The third-order valence-corrected chi connectivity index (χ3v) is 4.39. The van der Waals surface area contributed by atoms with Crippen LogP contribution in [0.3, 0.4) is 0 Å². The molecule has 1 nitrogen and oxygen atoms in total. The van der Waals surface area contributed by atoms with Crippen LogP contribution in [-0.2, 0) is 0 Å². The molecule has 0 saturated carbocycles. The summed E-state index contributed by atoms with van der Waals surface area (Å²) in [4.78, 5) is 0. The molecule has 0 aliphatic carbocycles. The third kappa shape index (κ3) is 5.25. The normalized spacial score (nSPS) is 18.8. The number of quaternary nitrogens is 1. The highest BCUT2D eigenvalue weighted by Gasteiger charge is 2.33. The lowest BCUT2D eigenvalue weighted by Gasteiger charge is -2.45. The lowest BCUT2D eigenvalue weighted by molar-refractivity contribution is -0.953. The molecule has 0 aliphatic rings. The lowest BCUT2D eigenvalue weighted by Crippen LogP contribution is -2.56. The zero-order valence-corrected chi connectivity index (χ0v) is 13.0. The van der Waals surface area contributed by atoms with Gasteiger partial charge in [-0.2, -0.15) is 0 Å². The molecule has 102 valence electrons. The maximum absolute atomic E-state index is 3.90. The van der Waals surface area contributed by atoms with Gasteiger partial charge in [-0.1, -0.05) is 26.8 Å². The van der Waals surface area contributed by atoms with Gasteiger partial charge in [0.25, 0.3) is 0 Å². The van der Waals surface area contributed by atoms with E-state index < -0.39 is 0 Å². The molecule has 0 spiro atoms. The van der Waals surface area contributed by atoms with Crippen LogP contribution in [-0.4, -0.2) is 30.2 Å². The fraction of sp³-hybridized carbons (Fsp3) is 0.875. The molecule has 3 unspecified atom stereocenters. The molecule has 0 bridgehead atoms. The molecule has 0 heterocycles. The molecular formula is C16H34N+. The van der Waals surface area contributed by atoms with E-state index in [1.165, 1.54) is 30.3 Å². The van der Waals surface area contributed by atoms with Crippen molar-refractivity contribution in [2.24, 2.45) is 5.92 Å². The van der Waals surface area contributed by atoms with E-state index in [1.54, 1.807) is 0 Å². The summed E-state index contributed by atoms with van der Waals surface area (Å²) in [6.07, 6.45) is 7.16. The molecule has 17 heavy (non-hydrogen) atoms. The number of hydrogen-bond acceptors (Lipinski definition) is 0. The molecule has 0 aromatic rings. The summed E-state index contributed by atoms with van der Waals surface area (Å²) >= 11 is 0. The zero-order valence-electron chi connectivity index (χ0n) is 13.0. The van der Waals surface area contributed by atoms with E-state index in [0.29, 0.717) is 6.04 Å². The fourth-order valence-electron chi connectivity index (χ4n) is 2.71. The molecule has 0 saturated heterocycles. The second kappa shape index (κ2) is 7.92. The summed E-state index contributed by atoms with van der Waals surface area (Å²) in [6.45, 7) is 16.9. The summed E-state index contributed by atoms with van der Waals surface area (Å²) in [5.74, 6) is 0.822. The molecule has 3 atom stereocenters. The SMILES string of the molecule is C=CCC(C)[N+](C)(CCC)C(C)CCC(C)C. The van der Waals surface area contributed by atoms with Gasteiger partial charge in [-0.25, -0.2) is 0 Å². The standard InChI is InChI=1S/C16H34N/c1-8-10-15(5)17(7,13-9-2)16(6)12-11-14(3)4/h8,14-16H,1,9-13H2,2-7H3/q+1. The average molecular weight is 240 g/mol. The first-order valence-electron chi connectivity index (χ1n) is 7.34. The Morgan fingerprint density at radius 1 is 1.06 bits per heavy atom. The Balaban J connectivity index is 4.60. The highest BCUT2D eigenvalue weighted by atomic mass is 15.4. The minimum atomic E-state index is 0.689. The van der Waals surface area contributed by atoms with Crippen molar-refractivity contribution in [3.8, 4) is 0 Å². The van der Waals surface area contributed by atoms with Crippen LogP contribution in [0.2, 0.25) is 0 Å². The van der Waals surface area contributed by atoms with Gasteiger partial charge in [-0.3, -0.25) is 0 Å². The van der Waals surface area contributed by atoms with E-state index >= 15 is 0 Å². The summed E-state index contributed by atoms with van der Waals surface area (Å²) in [5.41, 5.74) is 0. The van der Waals surface area contributed by atoms with Gasteiger partial charge in [-0.05, 0) is 39.0 Å². The minimum absolute atomic E-state index is 0.689. The molecule has 0 aromatic heterocycles. The van der Waals surface area contributed by atoms with Gasteiger partial charge in [0, 0.05) is 6.42 Å². The van der Waals surface area contributed by atoms with Crippen LogP contribution in [0.15, 0.2) is 12.7 Å². The smallest absolute Gasteiger partial charge is 0.0896 e. The van der Waals surface area contributed by atoms with Gasteiger partial charge in [0.1, 0.15) is 0 Å². The topological polar surface area (TPSA) is 0 Å². The van der Waals surface area contributed by atoms with E-state index in [-0.39, 0.29) is 0 Å². The monoisotopic (exact) mass is 240 g/mol. The summed E-state index contributed by atoms with van der Waals surface area (Å²) in [5, 5.41) is 0. The molecular weight excluding hydrogens is 206 g/mol. The Bertz CT molecular complexity index is 210. The van der Waals surface area contributed by atoms with Crippen LogP contribution >= 0.6 is 0 Å². The van der Waals surface area contributed by atoms with Gasteiger partial charge in [0.2, 0.25) is 0 Å². The van der Waals surface area contributed by atoms with Crippen LogP contribution in [0.4, 0.5) is 0 Å². The van der Waals surface area contributed by atoms with E-state index in [2.05, 4.69) is 54.3 Å². The Morgan fingerprint density at radius 3 is 2.06 bits per heavy atom. The Hall–Kier alpha value is -0.300. The minimum Gasteiger partial charge on any atom is -0.321 e. The van der Waals surface area contributed by atoms with Gasteiger partial charge in [-0.15, -0.1) is 6.58 Å². The van der Waals surface area contributed by atoms with Crippen LogP contribution in [0, 0.1) is 5.92 Å². The Kier molecular flexibility index (Phi) is 7.78. The van der Waals surface area contributed by atoms with E-state index in [9.17, 15) is 0 Å². The highest BCUT2D eigenvalue weighted by Crippen LogP contribution is 2.24. The molecule has 0 N–H and O–H groups in total. The van der Waals surface area contributed by atoms with Crippen molar-refractivity contribution < 1.29 is 4.48 Å². The lowest BCUT2D eigenvalue weighted by atomic mass is 9.99. The molecule has 0 aromatic carbocycles. The average Bonchev–Trinajstić information content (AvgIpc) is 2.26. The highest BCUT2D eigenvalue weighted by molar-refractivity contribution is 4.72. The van der Waals surface area contributed by atoms with Gasteiger partial charge in [0.15, 0.2) is 0 Å². The first kappa shape index (κ1) is 16.7. The Morgan fingerprint density at radius 2 is 1.65 bits per heavy atom. The third-order valence-electron chi connectivity index (χ3n) is 4.39. The van der Waals surface area contributed by atoms with Crippen molar-refractivity contribution in [2.45, 2.75) is 72.4 Å². The number of rotatable bonds is 9. The van der Waals surface area contributed by atoms with Crippen LogP contribution in [0.25, 0.3) is 0 Å². The maximum atomic E-state index is 3.90. The maximum Gasteiger partial charge on any atom is 0.0896 e. The summed E-state index contributed by atoms with van der Waals surface area (Å²) < 4.78 is 1.20. The quantitative estimate of drug-likeness (QED) is 0.407. The predicted molar refractivity (Wildman–Crippen MR) is 79.2 cm³/mol. The molecule has 1 heteroatoms. The first-order chi connectivity index (χ1) is 7.88. The Labute approximate surface area is 109 Å². The second-order valence-corrected chi connectivity index (χ2v) is 6.26. The largest absolute Gasteiger partial charge is 0.321 e. The second-order valence-electron chi connectivity index (χ2n) is 6.26. The van der Waals surface area contributed by atoms with Crippen LogP contribution in [0.1, 0.15) is 60.3 Å². The number of nitrogens with zero attached hydrogens (tertiary/aromatic N) is 1. The first-order valence-corrected chi connectivity index (χ1v) is 7.34. The van der Waals surface area contributed by atoms with Crippen molar-refractivity contribution >= 4 is 0 Å². The van der Waals surface area contributed by atoms with Crippen molar-refractivity contribution in [2.75, 3.05) is 13.6 Å². The van der Waals surface area contributed by atoms with Gasteiger partial charge in [0.05, 0.1) is 25.7 Å². The van der Waals surface area contributed by atoms with Gasteiger partial charge >= 0.3 is 0 Å². The molecule has 0 amide bonds. The molecule has 0 rings (SSSR count).